The van der Waals surface area contributed by atoms with E-state index in [9.17, 15) is 4.79 Å². The van der Waals surface area contributed by atoms with Gasteiger partial charge < -0.3 is 16.0 Å². The number of pyridine rings is 1. The Morgan fingerprint density at radius 1 is 1.32 bits per heavy atom. The number of guanidine groups is 1. The third-order valence-electron chi connectivity index (χ3n) is 3.34. The molecule has 0 aliphatic rings. The predicted molar refractivity (Wildman–Crippen MR) is 119 cm³/mol. The van der Waals surface area contributed by atoms with Gasteiger partial charge in [0.25, 0.3) is 0 Å². The molecule has 0 radical (unpaired) electrons. The van der Waals surface area contributed by atoms with Crippen LogP contribution in [0.1, 0.15) is 32.8 Å². The summed E-state index contributed by atoms with van der Waals surface area (Å²) >= 11 is 1.78. The van der Waals surface area contributed by atoms with Gasteiger partial charge in [0.15, 0.2) is 5.96 Å². The fourth-order valence-electron chi connectivity index (χ4n) is 1.72. The van der Waals surface area contributed by atoms with Gasteiger partial charge in [-0.2, -0.15) is 11.8 Å². The number of nitrogens with one attached hydrogen (secondary N) is 3. The second kappa shape index (κ2) is 12.3. The van der Waals surface area contributed by atoms with E-state index in [0.29, 0.717) is 25.3 Å². The molecule has 1 aromatic heterocycles. The average Bonchev–Trinajstić information content (AvgIpc) is 2.55. The van der Waals surface area contributed by atoms with E-state index in [1.54, 1.807) is 24.0 Å². The summed E-state index contributed by atoms with van der Waals surface area (Å²) in [5.74, 6) is 1.24. The third kappa shape index (κ3) is 10.5. The number of thioether (sulfide) groups is 1. The second-order valence-corrected chi connectivity index (χ2v) is 7.62. The van der Waals surface area contributed by atoms with Gasteiger partial charge in [0.2, 0.25) is 5.91 Å². The number of carbonyl (C=O) groups excluding carboxylic acids is 1. The monoisotopic (exact) mass is 479 g/mol. The first-order valence-corrected chi connectivity index (χ1v) is 9.38. The lowest BCUT2D eigenvalue weighted by molar-refractivity contribution is -0.116. The van der Waals surface area contributed by atoms with E-state index >= 15 is 0 Å². The first-order valence-electron chi connectivity index (χ1n) is 8.16. The van der Waals surface area contributed by atoms with Crippen LogP contribution in [0.3, 0.4) is 0 Å². The van der Waals surface area contributed by atoms with Crippen LogP contribution in [0.5, 0.6) is 0 Å². The molecule has 0 spiro atoms. The molecule has 1 rings (SSSR count). The summed E-state index contributed by atoms with van der Waals surface area (Å²) in [6.07, 6.45) is 4.17. The molecule has 3 N–H and O–H groups in total. The van der Waals surface area contributed by atoms with E-state index in [1.165, 1.54) is 0 Å². The molecule has 1 heterocycles. The molecule has 25 heavy (non-hydrogen) atoms. The molecular weight excluding hydrogens is 449 g/mol. The highest BCUT2D eigenvalue weighted by Crippen LogP contribution is 2.20. The van der Waals surface area contributed by atoms with Gasteiger partial charge in [0.05, 0.1) is 6.54 Å². The predicted octanol–water partition coefficient (Wildman–Crippen LogP) is 3.03. The van der Waals surface area contributed by atoms with E-state index in [0.717, 1.165) is 18.1 Å². The summed E-state index contributed by atoms with van der Waals surface area (Å²) in [4.78, 5) is 20.7. The Kier molecular flexibility index (Phi) is 11.8. The van der Waals surface area contributed by atoms with E-state index in [4.69, 9.17) is 0 Å². The maximum Gasteiger partial charge on any atom is 0.227 e. The van der Waals surface area contributed by atoms with Crippen LogP contribution in [0.2, 0.25) is 0 Å². The molecule has 8 heteroatoms. The normalized spacial score (nSPS) is 11.5. The summed E-state index contributed by atoms with van der Waals surface area (Å²) in [6.45, 7) is 10.3. The van der Waals surface area contributed by atoms with Gasteiger partial charge in [0.1, 0.15) is 5.82 Å². The zero-order chi connectivity index (χ0) is 18.0. The summed E-state index contributed by atoms with van der Waals surface area (Å²) in [7, 11) is 0. The molecule has 0 saturated heterocycles. The highest BCUT2D eigenvalue weighted by Gasteiger charge is 2.15. The number of halogens is 1. The second-order valence-electron chi connectivity index (χ2n) is 6.10. The molecule has 0 bridgehead atoms. The quantitative estimate of drug-likeness (QED) is 0.304. The Morgan fingerprint density at radius 2 is 2.04 bits per heavy atom. The number of aryl methyl sites for hydroxylation is 1. The maximum atomic E-state index is 11.9. The van der Waals surface area contributed by atoms with Gasteiger partial charge in [-0.3, -0.25) is 9.79 Å². The van der Waals surface area contributed by atoms with Crippen LogP contribution in [-0.2, 0) is 4.79 Å². The lowest BCUT2D eigenvalue weighted by atomic mass is 10.2. The number of hydrogen-bond acceptors (Lipinski definition) is 4. The average molecular weight is 479 g/mol. The summed E-state index contributed by atoms with van der Waals surface area (Å²) < 4.78 is 0.0941. The zero-order valence-electron chi connectivity index (χ0n) is 15.7. The largest absolute Gasteiger partial charge is 0.357 e. The first-order chi connectivity index (χ1) is 11.4. The molecule has 0 atom stereocenters. The fourth-order valence-corrected chi connectivity index (χ4v) is 1.91. The highest BCUT2D eigenvalue weighted by atomic mass is 127. The van der Waals surface area contributed by atoms with Crippen LogP contribution in [0.15, 0.2) is 23.3 Å². The smallest absolute Gasteiger partial charge is 0.227 e. The molecule has 0 aliphatic carbocycles. The van der Waals surface area contributed by atoms with E-state index < -0.39 is 0 Å². The highest BCUT2D eigenvalue weighted by molar-refractivity contribution is 14.0. The molecule has 0 aliphatic heterocycles. The van der Waals surface area contributed by atoms with Crippen molar-refractivity contribution in [1.29, 1.82) is 0 Å². The Morgan fingerprint density at radius 3 is 2.60 bits per heavy atom. The Bertz CT molecular complexity index is 548. The number of aliphatic imine (C=N–C) groups is 1. The van der Waals surface area contributed by atoms with Crippen molar-refractivity contribution in [1.82, 2.24) is 15.6 Å². The Hall–Kier alpha value is -1.03. The van der Waals surface area contributed by atoms with Crippen molar-refractivity contribution in [2.24, 2.45) is 4.99 Å². The number of hydrogen-bond donors (Lipinski definition) is 3. The summed E-state index contributed by atoms with van der Waals surface area (Å²) in [5, 5.41) is 9.17. The van der Waals surface area contributed by atoms with Crippen LogP contribution in [-0.4, -0.2) is 47.5 Å². The molecule has 142 valence electrons. The van der Waals surface area contributed by atoms with E-state index in [-0.39, 0.29) is 34.6 Å². The minimum atomic E-state index is -0.0702. The molecule has 0 aromatic carbocycles. The van der Waals surface area contributed by atoms with Gasteiger partial charge >= 0.3 is 0 Å². The maximum absolute atomic E-state index is 11.9. The molecule has 0 saturated carbocycles. The van der Waals surface area contributed by atoms with Crippen molar-refractivity contribution < 1.29 is 4.79 Å². The number of aromatic nitrogens is 1. The molecule has 6 nitrogen and oxygen atoms in total. The molecule has 1 amide bonds. The summed E-state index contributed by atoms with van der Waals surface area (Å²) in [5.41, 5.74) is 1.06. The number of anilines is 1. The molecular formula is C17H30IN5OS. The van der Waals surface area contributed by atoms with Crippen molar-refractivity contribution in [3.63, 3.8) is 0 Å². The minimum Gasteiger partial charge on any atom is -0.357 e. The van der Waals surface area contributed by atoms with Crippen LogP contribution in [0.25, 0.3) is 0 Å². The van der Waals surface area contributed by atoms with Crippen molar-refractivity contribution in [3.8, 4) is 0 Å². The minimum absolute atomic E-state index is 0. The molecule has 1 aromatic rings. The van der Waals surface area contributed by atoms with Crippen LogP contribution >= 0.6 is 35.7 Å². The van der Waals surface area contributed by atoms with Crippen LogP contribution in [0, 0.1) is 6.92 Å². The number of carbonyl (C=O) groups is 1. The standard InChI is InChI=1S/C17H29N5OS.HI/c1-6-18-16(21-12-17(3,4)24-5)19-10-9-15(23)22-14-8-7-13(2)11-20-14;/h7-8,11H,6,9-10,12H2,1-5H3,(H2,18,19,21)(H,20,22,23);1H. The number of nitrogens with zero attached hydrogens (tertiary/aromatic N) is 2. The lowest BCUT2D eigenvalue weighted by Crippen LogP contribution is -2.39. The van der Waals surface area contributed by atoms with Gasteiger partial charge in [-0.25, -0.2) is 4.98 Å². The van der Waals surface area contributed by atoms with Crippen molar-refractivity contribution in [2.45, 2.75) is 38.9 Å². The van der Waals surface area contributed by atoms with Crippen molar-refractivity contribution >= 4 is 53.4 Å². The topological polar surface area (TPSA) is 78.4 Å². The van der Waals surface area contributed by atoms with E-state index in [2.05, 4.69) is 46.0 Å². The number of amides is 1. The SMILES string of the molecule is CCNC(=NCC(C)(C)SC)NCCC(=O)Nc1ccc(C)cn1.I. The first kappa shape index (κ1) is 24.0. The van der Waals surface area contributed by atoms with Crippen LogP contribution in [0.4, 0.5) is 5.82 Å². The third-order valence-corrected chi connectivity index (χ3v) is 4.57. The van der Waals surface area contributed by atoms with Gasteiger partial charge in [-0.15, -0.1) is 24.0 Å². The van der Waals surface area contributed by atoms with Crippen molar-refractivity contribution in [3.05, 3.63) is 23.9 Å². The molecule has 0 unspecified atom stereocenters. The lowest BCUT2D eigenvalue weighted by Gasteiger charge is -2.20. The zero-order valence-corrected chi connectivity index (χ0v) is 18.8. The Labute approximate surface area is 172 Å². The van der Waals surface area contributed by atoms with E-state index in [1.807, 2.05) is 19.9 Å². The fraction of sp³-hybridized carbons (Fsp3) is 0.588. The number of rotatable bonds is 8. The van der Waals surface area contributed by atoms with Crippen LogP contribution < -0.4 is 16.0 Å². The molecule has 0 fully saturated rings. The van der Waals surface area contributed by atoms with Gasteiger partial charge in [-0.1, -0.05) is 6.07 Å². The Balaban J connectivity index is 0.00000576. The van der Waals surface area contributed by atoms with Gasteiger partial charge in [0, 0.05) is 30.5 Å². The van der Waals surface area contributed by atoms with Gasteiger partial charge in [-0.05, 0) is 45.6 Å². The summed E-state index contributed by atoms with van der Waals surface area (Å²) in [6, 6.07) is 3.72. The van der Waals surface area contributed by atoms with Crippen molar-refractivity contribution in [2.75, 3.05) is 31.2 Å².